The Morgan fingerprint density at radius 3 is 3.05 bits per heavy atom. The molecule has 0 spiro atoms. The summed E-state index contributed by atoms with van der Waals surface area (Å²) in [7, 11) is 0. The molecule has 1 aromatic rings. The van der Waals surface area contributed by atoms with Crippen molar-refractivity contribution in [2.75, 3.05) is 32.9 Å². The lowest BCUT2D eigenvalue weighted by Gasteiger charge is -2.44. The van der Waals surface area contributed by atoms with Gasteiger partial charge in [0.05, 0.1) is 19.3 Å². The van der Waals surface area contributed by atoms with Gasteiger partial charge in [0.25, 0.3) is 0 Å². The summed E-state index contributed by atoms with van der Waals surface area (Å²) in [5.41, 5.74) is 2.44. The summed E-state index contributed by atoms with van der Waals surface area (Å²) in [6, 6.07) is 4.63. The molecule has 1 saturated heterocycles. The fourth-order valence-electron chi connectivity index (χ4n) is 3.56. The Morgan fingerprint density at radius 2 is 2.15 bits per heavy atom. The molecule has 2 atom stereocenters. The minimum atomic E-state index is 0.133. The summed E-state index contributed by atoms with van der Waals surface area (Å²) >= 11 is 0. The summed E-state index contributed by atoms with van der Waals surface area (Å²) in [6.45, 7) is 6.67. The van der Waals surface area contributed by atoms with Gasteiger partial charge in [-0.25, -0.2) is 0 Å². The first-order valence-electron chi connectivity index (χ1n) is 7.65. The van der Waals surface area contributed by atoms with Gasteiger partial charge >= 0.3 is 0 Å². The van der Waals surface area contributed by atoms with Crippen LogP contribution in [-0.2, 0) is 11.2 Å². The second-order valence-electron chi connectivity index (χ2n) is 5.80. The monoisotopic (exact) mass is 275 g/mol. The molecule has 4 heteroatoms. The van der Waals surface area contributed by atoms with Crippen molar-refractivity contribution >= 4 is 0 Å². The average Bonchev–Trinajstić information content (AvgIpc) is 2.92. The molecule has 0 radical (unpaired) electrons. The summed E-state index contributed by atoms with van der Waals surface area (Å²) in [5.74, 6) is 2.01. The maximum Gasteiger partial charge on any atom is 0.125 e. The summed E-state index contributed by atoms with van der Waals surface area (Å²) < 4.78 is 17.8. The van der Waals surface area contributed by atoms with Crippen LogP contribution in [0, 0.1) is 0 Å². The number of rotatable bonds is 2. The maximum atomic E-state index is 6.07. The number of hydrogen-bond donors (Lipinski definition) is 0. The minimum absolute atomic E-state index is 0.133. The van der Waals surface area contributed by atoms with E-state index in [-0.39, 0.29) is 6.10 Å². The minimum Gasteiger partial charge on any atom is -0.493 e. The van der Waals surface area contributed by atoms with Gasteiger partial charge in [-0.15, -0.1) is 0 Å². The molecule has 0 aromatic heterocycles. The molecular formula is C16H21NO3. The van der Waals surface area contributed by atoms with E-state index in [0.717, 1.165) is 50.8 Å². The van der Waals surface area contributed by atoms with Crippen LogP contribution in [0.1, 0.15) is 30.6 Å². The highest BCUT2D eigenvalue weighted by Crippen LogP contribution is 2.43. The lowest BCUT2D eigenvalue weighted by Crippen LogP contribution is -2.52. The van der Waals surface area contributed by atoms with E-state index in [1.807, 2.05) is 0 Å². The zero-order valence-corrected chi connectivity index (χ0v) is 11.9. The predicted octanol–water partition coefficient (Wildman–Crippen LogP) is 2.17. The van der Waals surface area contributed by atoms with Gasteiger partial charge in [0.15, 0.2) is 0 Å². The third-order valence-corrected chi connectivity index (χ3v) is 4.54. The molecular weight excluding hydrogens is 254 g/mol. The van der Waals surface area contributed by atoms with Crippen LogP contribution in [0.25, 0.3) is 0 Å². The first kappa shape index (κ1) is 12.5. The highest BCUT2D eigenvalue weighted by Gasteiger charge is 2.39. The van der Waals surface area contributed by atoms with Crippen LogP contribution in [0.2, 0.25) is 0 Å². The van der Waals surface area contributed by atoms with Crippen LogP contribution in [0.5, 0.6) is 11.5 Å². The number of hydrogen-bond acceptors (Lipinski definition) is 4. The first-order valence-corrected chi connectivity index (χ1v) is 7.65. The van der Waals surface area contributed by atoms with E-state index in [1.165, 1.54) is 17.5 Å². The van der Waals surface area contributed by atoms with Gasteiger partial charge in [-0.2, -0.15) is 0 Å². The van der Waals surface area contributed by atoms with Gasteiger partial charge in [-0.3, -0.25) is 4.90 Å². The molecule has 108 valence electrons. The van der Waals surface area contributed by atoms with E-state index >= 15 is 0 Å². The molecule has 0 bridgehead atoms. The van der Waals surface area contributed by atoms with Gasteiger partial charge in [-0.05, 0) is 25.1 Å². The third kappa shape index (κ3) is 1.90. The molecule has 0 saturated carbocycles. The number of morpholine rings is 1. The maximum absolute atomic E-state index is 6.07. The third-order valence-electron chi connectivity index (χ3n) is 4.54. The van der Waals surface area contributed by atoms with Crippen molar-refractivity contribution in [2.24, 2.45) is 0 Å². The predicted molar refractivity (Wildman–Crippen MR) is 75.5 cm³/mol. The van der Waals surface area contributed by atoms with Crippen LogP contribution < -0.4 is 9.47 Å². The standard InChI is InChI=1S/C16H21NO3/c1-2-4-17-5-7-19-16-12-9-14-11(3-6-18-14)8-15(12)20-10-13(16)17/h8-9,13,16H,2-7,10H2,1H3/t13-,16+/m1/s1. The SMILES string of the molecule is CCCN1CCO[C@H]2c3cc4c(cc3OC[C@H]21)CCO4. The van der Waals surface area contributed by atoms with Gasteiger partial charge in [-0.1, -0.05) is 6.92 Å². The molecule has 20 heavy (non-hydrogen) atoms. The van der Waals surface area contributed by atoms with E-state index in [0.29, 0.717) is 6.04 Å². The Balaban J connectivity index is 1.69. The fraction of sp³-hybridized carbons (Fsp3) is 0.625. The number of benzene rings is 1. The Kier molecular flexibility index (Phi) is 3.08. The molecule has 1 aromatic carbocycles. The smallest absolute Gasteiger partial charge is 0.125 e. The summed E-state index contributed by atoms with van der Waals surface area (Å²) in [6.07, 6.45) is 2.29. The topological polar surface area (TPSA) is 30.9 Å². The van der Waals surface area contributed by atoms with Crippen molar-refractivity contribution < 1.29 is 14.2 Å². The fourth-order valence-corrected chi connectivity index (χ4v) is 3.56. The van der Waals surface area contributed by atoms with E-state index in [2.05, 4.69) is 24.0 Å². The second kappa shape index (κ2) is 4.93. The second-order valence-corrected chi connectivity index (χ2v) is 5.80. The van der Waals surface area contributed by atoms with Crippen molar-refractivity contribution in [2.45, 2.75) is 31.9 Å². The first-order chi connectivity index (χ1) is 9.86. The summed E-state index contributed by atoms with van der Waals surface area (Å²) in [5, 5.41) is 0. The van der Waals surface area contributed by atoms with Crippen LogP contribution in [0.15, 0.2) is 12.1 Å². The van der Waals surface area contributed by atoms with Crippen LogP contribution in [0.3, 0.4) is 0 Å². The summed E-state index contributed by atoms with van der Waals surface area (Å²) in [4.78, 5) is 2.51. The molecule has 4 nitrogen and oxygen atoms in total. The normalized spacial score (nSPS) is 28.1. The Bertz CT molecular complexity index is 515. The molecule has 0 aliphatic carbocycles. The molecule has 0 unspecified atom stereocenters. The zero-order valence-electron chi connectivity index (χ0n) is 11.9. The van der Waals surface area contributed by atoms with Gasteiger partial charge < -0.3 is 14.2 Å². The number of ether oxygens (including phenoxy) is 3. The van der Waals surface area contributed by atoms with E-state index in [9.17, 15) is 0 Å². The average molecular weight is 275 g/mol. The molecule has 0 amide bonds. The van der Waals surface area contributed by atoms with Crippen molar-refractivity contribution in [3.05, 3.63) is 23.3 Å². The lowest BCUT2D eigenvalue weighted by molar-refractivity contribution is -0.0956. The van der Waals surface area contributed by atoms with Crippen LogP contribution in [0.4, 0.5) is 0 Å². The van der Waals surface area contributed by atoms with E-state index < -0.39 is 0 Å². The zero-order chi connectivity index (χ0) is 13.5. The highest BCUT2D eigenvalue weighted by molar-refractivity contribution is 5.50. The quantitative estimate of drug-likeness (QED) is 0.827. The molecule has 3 aliphatic rings. The number of nitrogens with zero attached hydrogens (tertiary/aromatic N) is 1. The largest absolute Gasteiger partial charge is 0.493 e. The van der Waals surface area contributed by atoms with Crippen molar-refractivity contribution in [1.29, 1.82) is 0 Å². The van der Waals surface area contributed by atoms with Crippen LogP contribution >= 0.6 is 0 Å². The van der Waals surface area contributed by atoms with Crippen molar-refractivity contribution in [3.63, 3.8) is 0 Å². The highest BCUT2D eigenvalue weighted by atomic mass is 16.5. The molecule has 1 fully saturated rings. The Morgan fingerprint density at radius 1 is 1.20 bits per heavy atom. The number of fused-ring (bicyclic) bond motifs is 4. The molecule has 0 N–H and O–H groups in total. The Labute approximate surface area is 119 Å². The van der Waals surface area contributed by atoms with Gasteiger partial charge in [0, 0.05) is 24.1 Å². The molecule has 3 aliphatic heterocycles. The Hall–Kier alpha value is -1.26. The molecule has 3 heterocycles. The molecule has 4 rings (SSSR count). The van der Waals surface area contributed by atoms with Gasteiger partial charge in [0.2, 0.25) is 0 Å². The lowest BCUT2D eigenvalue weighted by atomic mass is 9.94. The van der Waals surface area contributed by atoms with Crippen molar-refractivity contribution in [1.82, 2.24) is 4.90 Å². The van der Waals surface area contributed by atoms with Crippen molar-refractivity contribution in [3.8, 4) is 11.5 Å². The van der Waals surface area contributed by atoms with Crippen LogP contribution in [-0.4, -0.2) is 43.9 Å². The van der Waals surface area contributed by atoms with E-state index in [1.54, 1.807) is 0 Å². The van der Waals surface area contributed by atoms with E-state index in [4.69, 9.17) is 14.2 Å². The van der Waals surface area contributed by atoms with Gasteiger partial charge in [0.1, 0.15) is 24.2 Å².